The minimum Gasteiger partial charge on any atom is -0.384 e. The fourth-order valence-electron chi connectivity index (χ4n) is 3.83. The number of benzene rings is 1. The third-order valence-electron chi connectivity index (χ3n) is 5.51. The molecule has 0 unspecified atom stereocenters. The predicted molar refractivity (Wildman–Crippen MR) is 127 cm³/mol. The molecule has 3 heterocycles. The molecular formula is C25H24N6O2. The number of pyridine rings is 3. The van der Waals surface area contributed by atoms with Crippen LogP contribution < -0.4 is 16.8 Å². The van der Waals surface area contributed by atoms with Gasteiger partial charge in [0.1, 0.15) is 11.5 Å². The number of nitrogen functional groups attached to an aromatic ring is 1. The summed E-state index contributed by atoms with van der Waals surface area (Å²) in [6.07, 6.45) is 2.06. The number of carbonyl (C=O) groups excluding carboxylic acids is 2. The van der Waals surface area contributed by atoms with Gasteiger partial charge in [0.2, 0.25) is 0 Å². The summed E-state index contributed by atoms with van der Waals surface area (Å²) in [6.45, 7) is 4.17. The second-order valence-electron chi connectivity index (χ2n) is 7.87. The van der Waals surface area contributed by atoms with Crippen molar-refractivity contribution >= 4 is 28.5 Å². The molecule has 166 valence electrons. The number of carbonyl (C=O) groups is 2. The summed E-state index contributed by atoms with van der Waals surface area (Å²) < 4.78 is 0. The van der Waals surface area contributed by atoms with Gasteiger partial charge in [0.25, 0.3) is 11.8 Å². The van der Waals surface area contributed by atoms with Gasteiger partial charge in [-0.3, -0.25) is 14.6 Å². The highest BCUT2D eigenvalue weighted by atomic mass is 16.2. The van der Waals surface area contributed by atoms with E-state index in [2.05, 4.69) is 20.3 Å². The maximum atomic E-state index is 12.8. The van der Waals surface area contributed by atoms with Gasteiger partial charge in [-0.2, -0.15) is 0 Å². The molecule has 0 spiro atoms. The van der Waals surface area contributed by atoms with Crippen LogP contribution in [0.1, 0.15) is 48.9 Å². The van der Waals surface area contributed by atoms with Crippen molar-refractivity contribution in [2.45, 2.75) is 26.8 Å². The molecule has 0 saturated carbocycles. The van der Waals surface area contributed by atoms with E-state index in [0.29, 0.717) is 35.6 Å². The Labute approximate surface area is 191 Å². The van der Waals surface area contributed by atoms with Crippen molar-refractivity contribution in [1.29, 1.82) is 0 Å². The second kappa shape index (κ2) is 9.04. The minimum atomic E-state index is -0.578. The van der Waals surface area contributed by atoms with Crippen LogP contribution in [0.3, 0.4) is 0 Å². The van der Waals surface area contributed by atoms with Crippen molar-refractivity contribution in [3.8, 4) is 0 Å². The predicted octanol–water partition coefficient (Wildman–Crippen LogP) is 2.84. The number of primary amides is 1. The van der Waals surface area contributed by atoms with E-state index in [1.165, 1.54) is 0 Å². The Morgan fingerprint density at radius 1 is 1.03 bits per heavy atom. The van der Waals surface area contributed by atoms with E-state index in [1.807, 2.05) is 38.1 Å². The highest BCUT2D eigenvalue weighted by Crippen LogP contribution is 2.20. The lowest BCUT2D eigenvalue weighted by molar-refractivity contribution is 0.0949. The molecule has 4 rings (SSSR count). The topological polar surface area (TPSA) is 137 Å². The number of fused-ring (bicyclic) bond motifs is 1. The Morgan fingerprint density at radius 3 is 2.61 bits per heavy atom. The maximum Gasteiger partial charge on any atom is 0.267 e. The Morgan fingerprint density at radius 2 is 1.85 bits per heavy atom. The molecule has 4 aromatic rings. The average molecular weight is 441 g/mol. The highest BCUT2D eigenvalue weighted by molar-refractivity contribution is 5.95. The van der Waals surface area contributed by atoms with Crippen molar-refractivity contribution < 1.29 is 9.59 Å². The van der Waals surface area contributed by atoms with E-state index >= 15 is 0 Å². The van der Waals surface area contributed by atoms with Crippen LogP contribution >= 0.6 is 0 Å². The first-order valence-corrected chi connectivity index (χ1v) is 10.5. The Bertz CT molecular complexity index is 1360. The van der Waals surface area contributed by atoms with E-state index in [9.17, 15) is 9.59 Å². The number of nitrogens with two attached hydrogens (primary N) is 2. The van der Waals surface area contributed by atoms with Gasteiger partial charge >= 0.3 is 0 Å². The van der Waals surface area contributed by atoms with Crippen LogP contribution in [0.25, 0.3) is 10.9 Å². The van der Waals surface area contributed by atoms with Crippen LogP contribution in [-0.2, 0) is 13.0 Å². The fourth-order valence-corrected chi connectivity index (χ4v) is 3.83. The largest absolute Gasteiger partial charge is 0.384 e. The summed E-state index contributed by atoms with van der Waals surface area (Å²) in [5.74, 6) is -0.323. The summed E-state index contributed by atoms with van der Waals surface area (Å²) in [5.41, 5.74) is 16.9. The molecule has 0 aliphatic carbocycles. The molecule has 8 nitrogen and oxygen atoms in total. The fraction of sp³-hybridized carbons (Fsp3) is 0.160. The van der Waals surface area contributed by atoms with Crippen molar-refractivity contribution in [3.05, 3.63) is 94.1 Å². The maximum absolute atomic E-state index is 12.8. The normalized spacial score (nSPS) is 10.8. The number of aryl methyl sites for hydroxylation is 2. The summed E-state index contributed by atoms with van der Waals surface area (Å²) in [5, 5.41) is 3.84. The lowest BCUT2D eigenvalue weighted by Gasteiger charge is -2.12. The van der Waals surface area contributed by atoms with Crippen molar-refractivity contribution in [1.82, 2.24) is 20.3 Å². The quantitative estimate of drug-likeness (QED) is 0.422. The molecule has 0 atom stereocenters. The highest BCUT2D eigenvalue weighted by Gasteiger charge is 2.12. The smallest absolute Gasteiger partial charge is 0.267 e. The van der Waals surface area contributed by atoms with Crippen molar-refractivity contribution in [2.24, 2.45) is 5.73 Å². The number of hydrogen-bond acceptors (Lipinski definition) is 6. The molecule has 0 bridgehead atoms. The van der Waals surface area contributed by atoms with Gasteiger partial charge in [0.05, 0.1) is 5.52 Å². The van der Waals surface area contributed by atoms with E-state index in [0.717, 1.165) is 27.8 Å². The first-order chi connectivity index (χ1) is 15.8. The van der Waals surface area contributed by atoms with Crippen LogP contribution in [0.15, 0.2) is 54.7 Å². The molecule has 3 aromatic heterocycles. The lowest BCUT2D eigenvalue weighted by atomic mass is 10.0. The first-order valence-electron chi connectivity index (χ1n) is 10.5. The molecule has 33 heavy (non-hydrogen) atoms. The zero-order chi connectivity index (χ0) is 23.5. The van der Waals surface area contributed by atoms with E-state index in [1.54, 1.807) is 30.5 Å². The molecule has 0 fully saturated rings. The molecular weight excluding hydrogens is 416 g/mol. The van der Waals surface area contributed by atoms with Gasteiger partial charge in [-0.15, -0.1) is 0 Å². The Kier molecular flexibility index (Phi) is 5.99. The lowest BCUT2D eigenvalue weighted by Crippen LogP contribution is -2.24. The molecule has 0 aliphatic heterocycles. The van der Waals surface area contributed by atoms with Crippen LogP contribution in [0.5, 0.6) is 0 Å². The van der Waals surface area contributed by atoms with Gasteiger partial charge in [-0.1, -0.05) is 24.3 Å². The van der Waals surface area contributed by atoms with Crippen LogP contribution in [0.4, 0.5) is 5.82 Å². The number of rotatable bonds is 6. The molecule has 8 heteroatoms. The van der Waals surface area contributed by atoms with E-state index < -0.39 is 5.91 Å². The van der Waals surface area contributed by atoms with Crippen LogP contribution in [-0.4, -0.2) is 26.8 Å². The monoisotopic (exact) mass is 440 g/mol. The number of anilines is 1. The van der Waals surface area contributed by atoms with Crippen LogP contribution in [0.2, 0.25) is 0 Å². The number of para-hydroxylation sites is 1. The molecule has 0 saturated heterocycles. The number of amides is 2. The number of nitrogens with zero attached hydrogens (tertiary/aromatic N) is 3. The van der Waals surface area contributed by atoms with Gasteiger partial charge in [-0.05, 0) is 54.8 Å². The van der Waals surface area contributed by atoms with Gasteiger partial charge in [0.15, 0.2) is 0 Å². The minimum absolute atomic E-state index is 0.207. The summed E-state index contributed by atoms with van der Waals surface area (Å²) >= 11 is 0. The average Bonchev–Trinajstić information content (AvgIpc) is 2.78. The Balaban J connectivity index is 1.54. The molecule has 2 amide bonds. The zero-order valence-corrected chi connectivity index (χ0v) is 18.4. The summed E-state index contributed by atoms with van der Waals surface area (Å²) in [7, 11) is 0. The summed E-state index contributed by atoms with van der Waals surface area (Å²) in [6, 6.07) is 14.4. The first kappa shape index (κ1) is 21.9. The van der Waals surface area contributed by atoms with Gasteiger partial charge < -0.3 is 16.8 Å². The standard InChI is InChI=1S/C25H24N6O2/c1-14-10-22(26)30-15(2)20(14)13-29-25(33)18-8-9-28-19(12-18)11-17-5-3-4-16-6-7-21(24(27)32)31-23(16)17/h3-10,12H,11,13H2,1-2H3,(H2,26,30)(H2,27,32)(H,29,33). The number of aromatic nitrogens is 3. The van der Waals surface area contributed by atoms with Gasteiger partial charge in [-0.25, -0.2) is 9.97 Å². The SMILES string of the molecule is Cc1cc(N)nc(C)c1CNC(=O)c1ccnc(Cc2cccc3ccc(C(N)=O)nc23)c1. The second-order valence-corrected chi connectivity index (χ2v) is 7.87. The van der Waals surface area contributed by atoms with E-state index in [-0.39, 0.29) is 11.6 Å². The summed E-state index contributed by atoms with van der Waals surface area (Å²) in [4.78, 5) is 37.4. The Hall–Kier alpha value is -4.33. The molecule has 5 N–H and O–H groups in total. The molecule has 1 aromatic carbocycles. The van der Waals surface area contributed by atoms with Crippen molar-refractivity contribution in [3.63, 3.8) is 0 Å². The van der Waals surface area contributed by atoms with E-state index in [4.69, 9.17) is 11.5 Å². The van der Waals surface area contributed by atoms with Crippen molar-refractivity contribution in [2.75, 3.05) is 5.73 Å². The number of nitrogens with one attached hydrogen (secondary N) is 1. The van der Waals surface area contributed by atoms with Gasteiger partial charge in [0, 0.05) is 41.5 Å². The van der Waals surface area contributed by atoms with Crippen LogP contribution in [0, 0.1) is 13.8 Å². The number of hydrogen-bond donors (Lipinski definition) is 3. The third kappa shape index (κ3) is 4.79. The molecule has 0 aliphatic rings. The third-order valence-corrected chi connectivity index (χ3v) is 5.51. The molecule has 0 radical (unpaired) electrons. The zero-order valence-electron chi connectivity index (χ0n) is 18.4.